The molecule has 0 amide bonds. The van der Waals surface area contributed by atoms with Crippen LogP contribution >= 0.6 is 0 Å². The number of carbonyl (C=O) groups is 1. The van der Waals surface area contributed by atoms with Crippen LogP contribution in [0, 0.1) is 0 Å². The van der Waals surface area contributed by atoms with E-state index in [9.17, 15) is 13.2 Å². The lowest BCUT2D eigenvalue weighted by molar-refractivity contribution is -0.142. The Morgan fingerprint density at radius 1 is 1.28 bits per heavy atom. The topological polar surface area (TPSA) is 86.7 Å². The SMILES string of the molecule is CN(C1CCCCC1)S(=O)(=O)NC(C)(C)C(=O)O. The summed E-state index contributed by atoms with van der Waals surface area (Å²) in [5.74, 6) is -1.19. The van der Waals surface area contributed by atoms with Crippen molar-refractivity contribution in [2.24, 2.45) is 0 Å². The van der Waals surface area contributed by atoms with Crippen molar-refractivity contribution in [3.8, 4) is 0 Å². The van der Waals surface area contributed by atoms with E-state index in [1.807, 2.05) is 0 Å². The van der Waals surface area contributed by atoms with Gasteiger partial charge in [0.1, 0.15) is 5.54 Å². The predicted octanol–water partition coefficient (Wildman–Crippen LogP) is 0.948. The van der Waals surface area contributed by atoms with Gasteiger partial charge in [0.15, 0.2) is 0 Å². The summed E-state index contributed by atoms with van der Waals surface area (Å²) in [4.78, 5) is 11.0. The van der Waals surface area contributed by atoms with Gasteiger partial charge in [-0.3, -0.25) is 4.79 Å². The lowest BCUT2D eigenvalue weighted by Gasteiger charge is -2.32. The van der Waals surface area contributed by atoms with E-state index in [1.165, 1.54) is 25.2 Å². The number of aliphatic carboxylic acids is 1. The molecule has 1 aliphatic rings. The molecule has 1 fully saturated rings. The summed E-state index contributed by atoms with van der Waals surface area (Å²) >= 11 is 0. The fourth-order valence-corrected chi connectivity index (χ4v) is 3.56. The highest BCUT2D eigenvalue weighted by atomic mass is 32.2. The molecule has 6 nitrogen and oxygen atoms in total. The normalized spacial score (nSPS) is 19.1. The van der Waals surface area contributed by atoms with E-state index in [0.29, 0.717) is 0 Å². The second-order valence-electron chi connectivity index (χ2n) is 5.35. The first-order valence-electron chi connectivity index (χ1n) is 6.17. The summed E-state index contributed by atoms with van der Waals surface area (Å²) in [7, 11) is -2.25. The molecule has 0 aromatic heterocycles. The van der Waals surface area contributed by atoms with Crippen LogP contribution in [-0.4, -0.2) is 42.4 Å². The minimum absolute atomic E-state index is 0.0270. The van der Waals surface area contributed by atoms with Crippen molar-refractivity contribution < 1.29 is 18.3 Å². The van der Waals surface area contributed by atoms with Gasteiger partial charge >= 0.3 is 5.97 Å². The molecule has 2 N–H and O–H groups in total. The molecule has 0 saturated heterocycles. The molecule has 0 unspecified atom stereocenters. The Bertz CT molecular complexity index is 399. The zero-order chi connectivity index (χ0) is 14.0. The maximum atomic E-state index is 12.1. The average Bonchev–Trinajstić information content (AvgIpc) is 2.27. The van der Waals surface area contributed by atoms with Crippen molar-refractivity contribution in [2.45, 2.75) is 57.5 Å². The van der Waals surface area contributed by atoms with E-state index in [4.69, 9.17) is 5.11 Å². The van der Waals surface area contributed by atoms with Crippen LogP contribution in [0.1, 0.15) is 46.0 Å². The molecular formula is C11H22N2O4S. The standard InChI is InChI=1S/C11H22N2O4S/c1-11(2,10(14)15)12-18(16,17)13(3)9-7-5-4-6-8-9/h9,12H,4-8H2,1-3H3,(H,14,15). The lowest BCUT2D eigenvalue weighted by atomic mass is 9.96. The fourth-order valence-electron chi connectivity index (χ4n) is 2.08. The second kappa shape index (κ2) is 5.54. The van der Waals surface area contributed by atoms with Gasteiger partial charge < -0.3 is 5.11 Å². The van der Waals surface area contributed by atoms with Gasteiger partial charge in [-0.05, 0) is 26.7 Å². The van der Waals surface area contributed by atoms with E-state index >= 15 is 0 Å². The molecule has 0 aromatic carbocycles. The molecule has 0 atom stereocenters. The third kappa shape index (κ3) is 3.66. The summed E-state index contributed by atoms with van der Waals surface area (Å²) in [6.07, 6.45) is 4.86. The summed E-state index contributed by atoms with van der Waals surface area (Å²) in [5, 5.41) is 8.95. The summed E-state index contributed by atoms with van der Waals surface area (Å²) in [5.41, 5.74) is -1.50. The van der Waals surface area contributed by atoms with Gasteiger partial charge in [0.2, 0.25) is 0 Å². The lowest BCUT2D eigenvalue weighted by Crippen LogP contribution is -2.55. The van der Waals surface area contributed by atoms with Crippen molar-refractivity contribution in [3.05, 3.63) is 0 Å². The van der Waals surface area contributed by atoms with E-state index in [0.717, 1.165) is 32.1 Å². The summed E-state index contributed by atoms with van der Waals surface area (Å²) in [6.45, 7) is 2.67. The van der Waals surface area contributed by atoms with Gasteiger partial charge in [-0.15, -0.1) is 0 Å². The molecule has 1 saturated carbocycles. The van der Waals surface area contributed by atoms with Crippen LogP contribution in [0.15, 0.2) is 0 Å². The number of nitrogens with zero attached hydrogens (tertiary/aromatic N) is 1. The minimum atomic E-state index is -3.76. The quantitative estimate of drug-likeness (QED) is 0.784. The van der Waals surface area contributed by atoms with Crippen LogP contribution in [0.4, 0.5) is 0 Å². The third-order valence-corrected chi connectivity index (χ3v) is 5.21. The van der Waals surface area contributed by atoms with Crippen molar-refractivity contribution >= 4 is 16.2 Å². The first-order chi connectivity index (χ1) is 8.17. The molecule has 0 radical (unpaired) electrons. The molecule has 0 aliphatic heterocycles. The first-order valence-corrected chi connectivity index (χ1v) is 7.61. The largest absolute Gasteiger partial charge is 0.480 e. The molecule has 0 bridgehead atoms. The number of hydrogen-bond acceptors (Lipinski definition) is 3. The predicted molar refractivity (Wildman–Crippen MR) is 68.4 cm³/mol. The molecular weight excluding hydrogens is 256 g/mol. The maximum absolute atomic E-state index is 12.1. The summed E-state index contributed by atoms with van der Waals surface area (Å²) in [6, 6.07) is -0.0270. The Hall–Kier alpha value is -0.660. The van der Waals surface area contributed by atoms with Crippen molar-refractivity contribution in [3.63, 3.8) is 0 Å². The van der Waals surface area contributed by atoms with E-state index < -0.39 is 21.7 Å². The fraction of sp³-hybridized carbons (Fsp3) is 0.909. The monoisotopic (exact) mass is 278 g/mol. The van der Waals surface area contributed by atoms with E-state index in [1.54, 1.807) is 0 Å². The molecule has 0 heterocycles. The number of nitrogens with one attached hydrogen (secondary N) is 1. The van der Waals surface area contributed by atoms with Crippen LogP contribution in [-0.2, 0) is 15.0 Å². The maximum Gasteiger partial charge on any atom is 0.324 e. The molecule has 1 rings (SSSR count). The Morgan fingerprint density at radius 2 is 1.78 bits per heavy atom. The van der Waals surface area contributed by atoms with Crippen molar-refractivity contribution in [1.29, 1.82) is 0 Å². The minimum Gasteiger partial charge on any atom is -0.480 e. The smallest absolute Gasteiger partial charge is 0.324 e. The van der Waals surface area contributed by atoms with Gasteiger partial charge in [0, 0.05) is 13.1 Å². The van der Waals surface area contributed by atoms with E-state index in [-0.39, 0.29) is 6.04 Å². The van der Waals surface area contributed by atoms with Crippen LogP contribution in [0.25, 0.3) is 0 Å². The highest BCUT2D eigenvalue weighted by molar-refractivity contribution is 7.87. The number of hydrogen-bond donors (Lipinski definition) is 2. The van der Waals surface area contributed by atoms with Gasteiger partial charge in [-0.25, -0.2) is 0 Å². The first kappa shape index (κ1) is 15.4. The van der Waals surface area contributed by atoms with Gasteiger partial charge in [-0.2, -0.15) is 17.4 Å². The zero-order valence-electron chi connectivity index (χ0n) is 11.1. The molecule has 18 heavy (non-hydrogen) atoms. The molecule has 0 spiro atoms. The average molecular weight is 278 g/mol. The van der Waals surface area contributed by atoms with Gasteiger partial charge in [0.05, 0.1) is 0 Å². The van der Waals surface area contributed by atoms with Gasteiger partial charge in [-0.1, -0.05) is 19.3 Å². The Balaban J connectivity index is 2.76. The number of carboxylic acid groups (broad SMARTS) is 1. The van der Waals surface area contributed by atoms with Crippen molar-refractivity contribution in [1.82, 2.24) is 9.03 Å². The molecule has 0 aromatic rings. The van der Waals surface area contributed by atoms with Crippen molar-refractivity contribution in [2.75, 3.05) is 7.05 Å². The number of carboxylic acids is 1. The third-order valence-electron chi connectivity index (χ3n) is 3.39. The highest BCUT2D eigenvalue weighted by Crippen LogP contribution is 2.23. The van der Waals surface area contributed by atoms with Crippen LogP contribution in [0.2, 0.25) is 0 Å². The number of rotatable bonds is 5. The van der Waals surface area contributed by atoms with Gasteiger partial charge in [0.25, 0.3) is 10.2 Å². The van der Waals surface area contributed by atoms with Crippen LogP contribution in [0.5, 0.6) is 0 Å². The second-order valence-corrected chi connectivity index (χ2v) is 7.08. The Morgan fingerprint density at radius 3 is 2.22 bits per heavy atom. The molecule has 106 valence electrons. The summed E-state index contributed by atoms with van der Waals surface area (Å²) < 4.78 is 27.7. The van der Waals surface area contributed by atoms with Crippen LogP contribution < -0.4 is 4.72 Å². The Kier molecular flexibility index (Phi) is 4.74. The van der Waals surface area contributed by atoms with Crippen LogP contribution in [0.3, 0.4) is 0 Å². The Labute approximate surface area is 109 Å². The highest BCUT2D eigenvalue weighted by Gasteiger charge is 2.36. The van der Waals surface area contributed by atoms with E-state index in [2.05, 4.69) is 4.72 Å². The zero-order valence-corrected chi connectivity index (χ0v) is 12.0. The molecule has 1 aliphatic carbocycles. The molecule has 7 heteroatoms.